The predicted molar refractivity (Wildman–Crippen MR) is 67.2 cm³/mol. The minimum Gasteiger partial charge on any atom is -0.494 e. The Bertz CT molecular complexity index is 325. The van der Waals surface area contributed by atoms with Gasteiger partial charge in [0.15, 0.2) is 0 Å². The summed E-state index contributed by atoms with van der Waals surface area (Å²) >= 11 is 5.81. The van der Waals surface area contributed by atoms with E-state index in [4.69, 9.17) is 16.3 Å². The Labute approximate surface area is 102 Å². The van der Waals surface area contributed by atoms with Crippen molar-refractivity contribution >= 4 is 11.6 Å². The molecule has 1 aromatic carbocycles. The molecule has 3 heteroatoms. The van der Waals surface area contributed by atoms with Gasteiger partial charge in [-0.1, -0.05) is 11.6 Å². The van der Waals surface area contributed by atoms with Gasteiger partial charge in [-0.3, -0.25) is 0 Å². The van der Waals surface area contributed by atoms with Crippen molar-refractivity contribution in [3.8, 4) is 5.75 Å². The van der Waals surface area contributed by atoms with Crippen LogP contribution in [-0.2, 0) is 0 Å². The Balaban J connectivity index is 1.73. The Morgan fingerprint density at radius 2 is 2.12 bits per heavy atom. The second-order valence-corrected chi connectivity index (χ2v) is 4.80. The van der Waals surface area contributed by atoms with Crippen LogP contribution in [-0.4, -0.2) is 31.1 Å². The molecule has 1 atom stereocenters. The predicted octanol–water partition coefficient (Wildman–Crippen LogP) is 3.20. The fourth-order valence-corrected chi connectivity index (χ4v) is 2.31. The lowest BCUT2D eigenvalue weighted by atomic mass is 10.1. The summed E-state index contributed by atoms with van der Waals surface area (Å²) in [6.45, 7) is 2.02. The third-order valence-electron chi connectivity index (χ3n) is 3.20. The van der Waals surface area contributed by atoms with Crippen molar-refractivity contribution in [3.05, 3.63) is 29.3 Å². The van der Waals surface area contributed by atoms with E-state index < -0.39 is 0 Å². The van der Waals surface area contributed by atoms with Gasteiger partial charge in [0.2, 0.25) is 0 Å². The number of benzene rings is 1. The van der Waals surface area contributed by atoms with Crippen molar-refractivity contribution in [2.45, 2.75) is 25.3 Å². The van der Waals surface area contributed by atoms with E-state index in [0.717, 1.165) is 23.8 Å². The molecule has 1 aliphatic heterocycles. The topological polar surface area (TPSA) is 12.5 Å². The van der Waals surface area contributed by atoms with Crippen LogP contribution in [0.25, 0.3) is 0 Å². The fraction of sp³-hybridized carbons (Fsp3) is 0.538. The van der Waals surface area contributed by atoms with Crippen LogP contribution in [0.5, 0.6) is 5.75 Å². The van der Waals surface area contributed by atoms with Gasteiger partial charge in [0.25, 0.3) is 0 Å². The van der Waals surface area contributed by atoms with Gasteiger partial charge < -0.3 is 9.64 Å². The van der Waals surface area contributed by atoms with Crippen LogP contribution in [0, 0.1) is 0 Å². The molecular weight excluding hydrogens is 222 g/mol. The van der Waals surface area contributed by atoms with Crippen LogP contribution in [0.15, 0.2) is 24.3 Å². The van der Waals surface area contributed by atoms with E-state index in [-0.39, 0.29) is 0 Å². The first-order valence-corrected chi connectivity index (χ1v) is 6.22. The maximum Gasteiger partial charge on any atom is 0.119 e. The molecule has 0 amide bonds. The lowest BCUT2D eigenvalue weighted by Gasteiger charge is -2.19. The van der Waals surface area contributed by atoms with E-state index in [1.54, 1.807) is 0 Å². The summed E-state index contributed by atoms with van der Waals surface area (Å²) in [6, 6.07) is 8.26. The van der Waals surface area contributed by atoms with Crippen molar-refractivity contribution in [1.29, 1.82) is 0 Å². The van der Waals surface area contributed by atoms with Crippen LogP contribution in [0.1, 0.15) is 19.3 Å². The van der Waals surface area contributed by atoms with Crippen LogP contribution in [0.3, 0.4) is 0 Å². The largest absolute Gasteiger partial charge is 0.494 e. The molecule has 1 saturated heterocycles. The lowest BCUT2D eigenvalue weighted by molar-refractivity contribution is 0.233. The zero-order valence-electron chi connectivity index (χ0n) is 9.66. The third kappa shape index (κ3) is 3.13. The molecule has 0 aliphatic carbocycles. The van der Waals surface area contributed by atoms with E-state index in [9.17, 15) is 0 Å². The monoisotopic (exact) mass is 239 g/mol. The minimum atomic E-state index is 0.701. The molecule has 1 heterocycles. The number of rotatable bonds is 4. The van der Waals surface area contributed by atoms with Gasteiger partial charge in [0, 0.05) is 11.1 Å². The summed E-state index contributed by atoms with van der Waals surface area (Å²) in [6.07, 6.45) is 3.74. The summed E-state index contributed by atoms with van der Waals surface area (Å²) < 4.78 is 5.69. The normalized spacial score (nSPS) is 21.2. The highest BCUT2D eigenvalue weighted by atomic mass is 35.5. The van der Waals surface area contributed by atoms with E-state index in [0.29, 0.717) is 6.04 Å². The zero-order chi connectivity index (χ0) is 11.4. The number of hydrogen-bond acceptors (Lipinski definition) is 2. The van der Waals surface area contributed by atoms with Crippen molar-refractivity contribution in [2.75, 3.05) is 20.2 Å². The molecule has 1 aliphatic rings. The molecule has 2 nitrogen and oxygen atoms in total. The summed E-state index contributed by atoms with van der Waals surface area (Å²) in [5.41, 5.74) is 0. The SMILES string of the molecule is CN1CCCC1CCOc1ccc(Cl)cc1. The van der Waals surface area contributed by atoms with Gasteiger partial charge in [-0.25, -0.2) is 0 Å². The second kappa shape index (κ2) is 5.55. The van der Waals surface area contributed by atoms with Gasteiger partial charge in [-0.15, -0.1) is 0 Å². The highest BCUT2D eigenvalue weighted by Crippen LogP contribution is 2.19. The molecular formula is C13H18ClNO. The Hall–Kier alpha value is -0.730. The number of likely N-dealkylation sites (tertiary alicyclic amines) is 1. The number of nitrogens with zero attached hydrogens (tertiary/aromatic N) is 1. The maximum atomic E-state index is 5.81. The molecule has 0 bridgehead atoms. The Morgan fingerprint density at radius 3 is 2.75 bits per heavy atom. The second-order valence-electron chi connectivity index (χ2n) is 4.37. The molecule has 1 unspecified atom stereocenters. The standard InChI is InChI=1S/C13H18ClNO/c1-15-9-2-3-12(15)8-10-16-13-6-4-11(14)5-7-13/h4-7,12H,2-3,8-10H2,1H3. The van der Waals surface area contributed by atoms with Crippen LogP contribution >= 0.6 is 11.6 Å². The highest BCUT2D eigenvalue weighted by Gasteiger charge is 2.20. The maximum absolute atomic E-state index is 5.81. The zero-order valence-corrected chi connectivity index (χ0v) is 10.4. The summed E-state index contributed by atoms with van der Waals surface area (Å²) in [4.78, 5) is 2.42. The van der Waals surface area contributed by atoms with Gasteiger partial charge >= 0.3 is 0 Å². The number of ether oxygens (including phenoxy) is 1. The van der Waals surface area contributed by atoms with E-state index in [2.05, 4.69) is 11.9 Å². The van der Waals surface area contributed by atoms with Gasteiger partial charge in [0.1, 0.15) is 5.75 Å². The van der Waals surface area contributed by atoms with Crippen molar-refractivity contribution in [2.24, 2.45) is 0 Å². The summed E-state index contributed by atoms with van der Waals surface area (Å²) in [5, 5.41) is 0.753. The first-order chi connectivity index (χ1) is 7.75. The highest BCUT2D eigenvalue weighted by molar-refractivity contribution is 6.30. The summed E-state index contributed by atoms with van der Waals surface area (Å²) in [7, 11) is 2.19. The number of hydrogen-bond donors (Lipinski definition) is 0. The Kier molecular flexibility index (Phi) is 4.08. The van der Waals surface area contributed by atoms with Gasteiger partial charge in [0.05, 0.1) is 6.61 Å². The average Bonchev–Trinajstić information content (AvgIpc) is 2.68. The van der Waals surface area contributed by atoms with E-state index in [1.165, 1.54) is 19.4 Å². The minimum absolute atomic E-state index is 0.701. The molecule has 0 saturated carbocycles. The first kappa shape index (κ1) is 11.7. The van der Waals surface area contributed by atoms with Crippen molar-refractivity contribution in [1.82, 2.24) is 4.90 Å². The molecule has 1 fully saturated rings. The molecule has 0 radical (unpaired) electrons. The van der Waals surface area contributed by atoms with Crippen LogP contribution < -0.4 is 4.74 Å². The lowest BCUT2D eigenvalue weighted by Crippen LogP contribution is -2.26. The fourth-order valence-electron chi connectivity index (χ4n) is 2.19. The van der Waals surface area contributed by atoms with Crippen LogP contribution in [0.4, 0.5) is 0 Å². The first-order valence-electron chi connectivity index (χ1n) is 5.84. The molecule has 16 heavy (non-hydrogen) atoms. The Morgan fingerprint density at radius 1 is 1.38 bits per heavy atom. The molecule has 0 N–H and O–H groups in total. The van der Waals surface area contributed by atoms with Crippen molar-refractivity contribution in [3.63, 3.8) is 0 Å². The van der Waals surface area contributed by atoms with Crippen LogP contribution in [0.2, 0.25) is 5.02 Å². The van der Waals surface area contributed by atoms with Crippen molar-refractivity contribution < 1.29 is 4.74 Å². The van der Waals surface area contributed by atoms with E-state index in [1.807, 2.05) is 24.3 Å². The smallest absolute Gasteiger partial charge is 0.119 e. The molecule has 2 rings (SSSR count). The average molecular weight is 240 g/mol. The third-order valence-corrected chi connectivity index (χ3v) is 3.46. The quantitative estimate of drug-likeness (QED) is 0.800. The van der Waals surface area contributed by atoms with Gasteiger partial charge in [-0.05, 0) is 57.1 Å². The van der Waals surface area contributed by atoms with E-state index >= 15 is 0 Å². The number of halogens is 1. The summed E-state index contributed by atoms with van der Waals surface area (Å²) in [5.74, 6) is 0.907. The molecule has 0 spiro atoms. The van der Waals surface area contributed by atoms with Gasteiger partial charge in [-0.2, -0.15) is 0 Å². The molecule has 88 valence electrons. The molecule has 1 aromatic rings. The molecule has 0 aromatic heterocycles.